The van der Waals surface area contributed by atoms with E-state index in [1.54, 1.807) is 0 Å². The van der Waals surface area contributed by atoms with E-state index in [0.717, 1.165) is 6.07 Å². The fourth-order valence-corrected chi connectivity index (χ4v) is 1.74. The van der Waals surface area contributed by atoms with Gasteiger partial charge < -0.3 is 9.47 Å². The first-order chi connectivity index (χ1) is 8.39. The molecule has 0 unspecified atom stereocenters. The van der Waals surface area contributed by atoms with E-state index in [1.165, 1.54) is 19.2 Å². The third kappa shape index (κ3) is 3.90. The van der Waals surface area contributed by atoms with E-state index >= 15 is 0 Å². The van der Waals surface area contributed by atoms with Gasteiger partial charge in [-0.1, -0.05) is 22.0 Å². The van der Waals surface area contributed by atoms with Crippen molar-refractivity contribution in [1.29, 1.82) is 0 Å². The van der Waals surface area contributed by atoms with Crippen LogP contribution in [0.25, 0.3) is 0 Å². The molecule has 0 radical (unpaired) electrons. The van der Waals surface area contributed by atoms with Crippen molar-refractivity contribution in [3.8, 4) is 11.5 Å². The fraction of sp³-hybridized carbons (Fsp3) is 0.364. The van der Waals surface area contributed by atoms with E-state index in [-0.39, 0.29) is 17.7 Å². The first-order valence-electron chi connectivity index (χ1n) is 4.91. The van der Waals surface area contributed by atoms with Crippen molar-refractivity contribution in [2.75, 3.05) is 12.4 Å². The zero-order valence-corrected chi connectivity index (χ0v) is 11.0. The van der Waals surface area contributed by atoms with E-state index in [2.05, 4.69) is 20.7 Å². The SMILES string of the molecule is COc1cccc(OC(F)(F)F)c1C(=O)CCBr. The van der Waals surface area contributed by atoms with E-state index in [4.69, 9.17) is 4.74 Å². The molecule has 100 valence electrons. The molecule has 0 saturated heterocycles. The molecule has 1 aromatic rings. The van der Waals surface area contributed by atoms with Gasteiger partial charge in [0.05, 0.1) is 7.11 Å². The number of hydrogen-bond acceptors (Lipinski definition) is 3. The standard InChI is InChI=1S/C11H10BrF3O3/c1-17-8-3-2-4-9(18-11(13,14)15)10(8)7(16)5-6-12/h2-4H,5-6H2,1H3. The Morgan fingerprint density at radius 2 is 1.94 bits per heavy atom. The Labute approximate surface area is 110 Å². The molecule has 18 heavy (non-hydrogen) atoms. The number of ketones is 1. The molecule has 0 saturated carbocycles. The normalized spacial score (nSPS) is 11.2. The smallest absolute Gasteiger partial charge is 0.496 e. The molecule has 0 N–H and O–H groups in total. The van der Waals surface area contributed by atoms with E-state index < -0.39 is 17.9 Å². The molecule has 0 heterocycles. The summed E-state index contributed by atoms with van der Waals surface area (Å²) in [5, 5.41) is 0.343. The minimum Gasteiger partial charge on any atom is -0.496 e. The van der Waals surface area contributed by atoms with Crippen LogP contribution < -0.4 is 9.47 Å². The van der Waals surface area contributed by atoms with Gasteiger partial charge in [-0.3, -0.25) is 4.79 Å². The summed E-state index contributed by atoms with van der Waals surface area (Å²) < 4.78 is 45.4. The largest absolute Gasteiger partial charge is 0.573 e. The zero-order valence-electron chi connectivity index (χ0n) is 9.38. The Kier molecular flexibility index (Phi) is 5.01. The molecule has 0 spiro atoms. The van der Waals surface area contributed by atoms with Crippen LogP contribution in [0.15, 0.2) is 18.2 Å². The molecule has 0 aliphatic rings. The second-order valence-electron chi connectivity index (χ2n) is 3.24. The van der Waals surface area contributed by atoms with Gasteiger partial charge in [0, 0.05) is 11.8 Å². The van der Waals surface area contributed by atoms with Crippen molar-refractivity contribution in [1.82, 2.24) is 0 Å². The van der Waals surface area contributed by atoms with Crippen LogP contribution in [0.3, 0.4) is 0 Å². The van der Waals surface area contributed by atoms with Gasteiger partial charge in [0.15, 0.2) is 5.78 Å². The zero-order chi connectivity index (χ0) is 13.8. The lowest BCUT2D eigenvalue weighted by molar-refractivity contribution is -0.274. The highest BCUT2D eigenvalue weighted by Crippen LogP contribution is 2.33. The van der Waals surface area contributed by atoms with Crippen LogP contribution >= 0.6 is 15.9 Å². The molecule has 7 heteroatoms. The third-order valence-corrected chi connectivity index (χ3v) is 2.43. The Balaban J connectivity index is 3.20. The van der Waals surface area contributed by atoms with Gasteiger partial charge in [0.25, 0.3) is 0 Å². The van der Waals surface area contributed by atoms with Crippen molar-refractivity contribution in [2.24, 2.45) is 0 Å². The van der Waals surface area contributed by atoms with Gasteiger partial charge in [-0.25, -0.2) is 0 Å². The van der Waals surface area contributed by atoms with Crippen LogP contribution in [0.5, 0.6) is 11.5 Å². The van der Waals surface area contributed by atoms with Gasteiger partial charge in [-0.15, -0.1) is 13.2 Å². The molecule has 0 fully saturated rings. The number of carbonyl (C=O) groups excluding carboxylic acids is 1. The van der Waals surface area contributed by atoms with Crippen molar-refractivity contribution < 1.29 is 27.4 Å². The number of rotatable bonds is 5. The molecule has 0 amide bonds. The number of halogens is 4. The highest BCUT2D eigenvalue weighted by molar-refractivity contribution is 9.09. The Morgan fingerprint density at radius 3 is 2.44 bits per heavy atom. The minimum absolute atomic E-state index is 0.0502. The Bertz CT molecular complexity index is 432. The van der Waals surface area contributed by atoms with Gasteiger partial charge in [-0.05, 0) is 12.1 Å². The van der Waals surface area contributed by atoms with Crippen LogP contribution in [0.2, 0.25) is 0 Å². The average molecular weight is 327 g/mol. The molecule has 0 aromatic heterocycles. The average Bonchev–Trinajstić information content (AvgIpc) is 2.26. The lowest BCUT2D eigenvalue weighted by atomic mass is 10.1. The Hall–Kier alpha value is -1.24. The van der Waals surface area contributed by atoms with Crippen LogP contribution in [0, 0.1) is 0 Å². The molecule has 0 aliphatic carbocycles. The molecular weight excluding hydrogens is 317 g/mol. The molecule has 3 nitrogen and oxygen atoms in total. The highest BCUT2D eigenvalue weighted by atomic mass is 79.9. The van der Waals surface area contributed by atoms with Crippen molar-refractivity contribution in [3.63, 3.8) is 0 Å². The second-order valence-corrected chi connectivity index (χ2v) is 4.04. The van der Waals surface area contributed by atoms with Crippen LogP contribution in [0.4, 0.5) is 13.2 Å². The van der Waals surface area contributed by atoms with Crippen LogP contribution in [-0.4, -0.2) is 24.6 Å². The predicted molar refractivity (Wildman–Crippen MR) is 62.4 cm³/mol. The maximum absolute atomic E-state index is 12.2. The molecule has 0 aliphatic heterocycles. The number of methoxy groups -OCH3 is 1. The number of alkyl halides is 4. The van der Waals surface area contributed by atoms with Crippen LogP contribution in [-0.2, 0) is 0 Å². The first-order valence-corrected chi connectivity index (χ1v) is 6.03. The second kappa shape index (κ2) is 6.08. The third-order valence-electron chi connectivity index (χ3n) is 2.03. The molecular formula is C11H10BrF3O3. The van der Waals surface area contributed by atoms with Crippen molar-refractivity contribution in [3.05, 3.63) is 23.8 Å². The minimum atomic E-state index is -4.85. The number of benzene rings is 1. The van der Waals surface area contributed by atoms with Gasteiger partial charge in [0.1, 0.15) is 17.1 Å². The first kappa shape index (κ1) is 14.8. The summed E-state index contributed by atoms with van der Waals surface area (Å²) >= 11 is 3.06. The lowest BCUT2D eigenvalue weighted by Crippen LogP contribution is -2.19. The summed E-state index contributed by atoms with van der Waals surface area (Å²) in [5.41, 5.74) is -0.197. The summed E-state index contributed by atoms with van der Waals surface area (Å²) in [6.45, 7) is 0. The summed E-state index contributed by atoms with van der Waals surface area (Å²) in [4.78, 5) is 11.8. The highest BCUT2D eigenvalue weighted by Gasteiger charge is 2.33. The van der Waals surface area contributed by atoms with E-state index in [0.29, 0.717) is 5.33 Å². The van der Waals surface area contributed by atoms with Crippen LogP contribution in [0.1, 0.15) is 16.8 Å². The quantitative estimate of drug-likeness (QED) is 0.613. The molecule has 0 atom stereocenters. The molecule has 0 bridgehead atoms. The van der Waals surface area contributed by atoms with E-state index in [9.17, 15) is 18.0 Å². The fourth-order valence-electron chi connectivity index (χ4n) is 1.38. The maximum atomic E-state index is 12.2. The summed E-state index contributed by atoms with van der Waals surface area (Å²) in [6.07, 6.45) is -4.80. The maximum Gasteiger partial charge on any atom is 0.573 e. The summed E-state index contributed by atoms with van der Waals surface area (Å²) in [6, 6.07) is 3.81. The molecule has 1 aromatic carbocycles. The van der Waals surface area contributed by atoms with Gasteiger partial charge in [-0.2, -0.15) is 0 Å². The lowest BCUT2D eigenvalue weighted by Gasteiger charge is -2.14. The van der Waals surface area contributed by atoms with Crippen molar-refractivity contribution in [2.45, 2.75) is 12.8 Å². The van der Waals surface area contributed by atoms with Crippen molar-refractivity contribution >= 4 is 21.7 Å². The topological polar surface area (TPSA) is 35.5 Å². The van der Waals surface area contributed by atoms with Gasteiger partial charge in [0.2, 0.25) is 0 Å². The Morgan fingerprint density at radius 1 is 1.33 bits per heavy atom. The van der Waals surface area contributed by atoms with E-state index in [1.807, 2.05) is 0 Å². The predicted octanol–water partition coefficient (Wildman–Crippen LogP) is 3.56. The monoisotopic (exact) mass is 326 g/mol. The van der Waals surface area contributed by atoms with Gasteiger partial charge >= 0.3 is 6.36 Å². The molecule has 1 rings (SSSR count). The summed E-state index contributed by atoms with van der Waals surface area (Å²) in [7, 11) is 1.28. The number of Topliss-reactive ketones (excluding diaryl/α,β-unsaturated/α-hetero) is 1. The number of hydrogen-bond donors (Lipinski definition) is 0. The summed E-state index contributed by atoms with van der Waals surface area (Å²) in [5.74, 6) is -0.973. The number of carbonyl (C=O) groups is 1. The number of ether oxygens (including phenoxy) is 2.